The fraction of sp³-hybridized carbons (Fsp3) is 0.391. The lowest BCUT2D eigenvalue weighted by molar-refractivity contribution is -0.131. The van der Waals surface area contributed by atoms with Gasteiger partial charge >= 0.3 is 7.12 Å². The van der Waals surface area contributed by atoms with Crippen LogP contribution in [-0.2, 0) is 18.9 Å². The van der Waals surface area contributed by atoms with Crippen molar-refractivity contribution in [3.8, 4) is 0 Å². The molecule has 2 N–H and O–H groups in total. The molecular formula is C23H25BF2N2O4. The number of carbonyl (C=O) groups excluding carboxylic acids is 2. The third kappa shape index (κ3) is 4.02. The number of amides is 2. The van der Waals surface area contributed by atoms with E-state index in [4.69, 9.17) is 9.31 Å². The zero-order valence-corrected chi connectivity index (χ0v) is 18.4. The molecule has 1 aliphatic heterocycles. The maximum absolute atomic E-state index is 14.5. The zero-order chi connectivity index (χ0) is 23.3. The first kappa shape index (κ1) is 22.4. The zero-order valence-electron chi connectivity index (χ0n) is 18.4. The molecule has 1 saturated carbocycles. The van der Waals surface area contributed by atoms with Crippen LogP contribution in [0.3, 0.4) is 0 Å². The molecule has 9 heteroatoms. The number of anilines is 2. The van der Waals surface area contributed by atoms with Crippen molar-refractivity contribution in [3.05, 3.63) is 54.1 Å². The minimum absolute atomic E-state index is 0.169. The average molecular weight is 442 g/mol. The Morgan fingerprint density at radius 2 is 1.34 bits per heavy atom. The Hall–Kier alpha value is -2.78. The topological polar surface area (TPSA) is 76.7 Å². The molecule has 0 spiro atoms. The van der Waals surface area contributed by atoms with Crippen molar-refractivity contribution < 1.29 is 27.7 Å². The second-order valence-electron chi connectivity index (χ2n) is 9.32. The van der Waals surface area contributed by atoms with Gasteiger partial charge < -0.3 is 19.9 Å². The second-order valence-corrected chi connectivity index (χ2v) is 9.32. The minimum Gasteiger partial charge on any atom is -0.399 e. The van der Waals surface area contributed by atoms with Gasteiger partial charge in [-0.1, -0.05) is 0 Å². The predicted octanol–water partition coefficient (Wildman–Crippen LogP) is 3.62. The van der Waals surface area contributed by atoms with Gasteiger partial charge in [0.15, 0.2) is 0 Å². The summed E-state index contributed by atoms with van der Waals surface area (Å²) in [5.74, 6) is -1.88. The molecule has 0 aromatic heterocycles. The fourth-order valence-electron chi connectivity index (χ4n) is 3.49. The molecular weight excluding hydrogens is 417 g/mol. The van der Waals surface area contributed by atoms with E-state index in [0.29, 0.717) is 24.2 Å². The highest BCUT2D eigenvalue weighted by Crippen LogP contribution is 2.47. The first-order valence-electron chi connectivity index (χ1n) is 10.5. The molecule has 32 heavy (non-hydrogen) atoms. The van der Waals surface area contributed by atoms with E-state index in [-0.39, 0.29) is 5.46 Å². The summed E-state index contributed by atoms with van der Waals surface area (Å²) in [5, 5.41) is 5.37. The molecule has 2 fully saturated rings. The van der Waals surface area contributed by atoms with Crippen LogP contribution in [0.5, 0.6) is 0 Å². The number of halogens is 2. The van der Waals surface area contributed by atoms with Crippen LogP contribution in [0.1, 0.15) is 40.5 Å². The Bertz CT molecular complexity index is 1050. The first-order chi connectivity index (χ1) is 14.9. The molecule has 0 unspecified atom stereocenters. The van der Waals surface area contributed by atoms with E-state index < -0.39 is 47.2 Å². The van der Waals surface area contributed by atoms with Crippen molar-refractivity contribution >= 4 is 35.8 Å². The standard InChI is InChI=1S/C23H25BF2N2O4/c1-21(2)22(3,4)32-24(31-21)17-13-16(9-10-18(17)26)28-20(30)23(11-12-23)19(29)27-15-7-5-14(25)6-8-15/h5-10,13H,11-12H2,1-4H3,(H,27,29)(H,28,30). The van der Waals surface area contributed by atoms with Gasteiger partial charge in [0.25, 0.3) is 0 Å². The first-order valence-corrected chi connectivity index (χ1v) is 10.5. The summed E-state index contributed by atoms with van der Waals surface area (Å²) in [6, 6.07) is 9.43. The van der Waals surface area contributed by atoms with Crippen molar-refractivity contribution in [1.29, 1.82) is 0 Å². The molecule has 0 radical (unpaired) electrons. The SMILES string of the molecule is CC1(C)OB(c2cc(NC(=O)C3(C(=O)Nc4ccc(F)cc4)CC3)ccc2F)OC1(C)C. The van der Waals surface area contributed by atoms with Crippen LogP contribution in [0.2, 0.25) is 0 Å². The number of hydrogen-bond donors (Lipinski definition) is 2. The van der Waals surface area contributed by atoms with Crippen LogP contribution >= 0.6 is 0 Å². The smallest absolute Gasteiger partial charge is 0.399 e. The molecule has 1 saturated heterocycles. The Morgan fingerprint density at radius 1 is 0.844 bits per heavy atom. The summed E-state index contributed by atoms with van der Waals surface area (Å²) >= 11 is 0. The number of rotatable bonds is 5. The largest absolute Gasteiger partial charge is 0.497 e. The molecule has 0 atom stereocenters. The van der Waals surface area contributed by atoms with Gasteiger partial charge in [0, 0.05) is 16.8 Å². The Labute approximate surface area is 185 Å². The van der Waals surface area contributed by atoms with Crippen LogP contribution in [0.4, 0.5) is 20.2 Å². The quantitative estimate of drug-likeness (QED) is 0.548. The molecule has 2 amide bonds. The number of carbonyl (C=O) groups is 2. The van der Waals surface area contributed by atoms with Crippen LogP contribution in [0.15, 0.2) is 42.5 Å². The van der Waals surface area contributed by atoms with Crippen molar-refractivity contribution in [2.75, 3.05) is 10.6 Å². The van der Waals surface area contributed by atoms with E-state index in [1.807, 2.05) is 27.7 Å². The maximum Gasteiger partial charge on any atom is 0.497 e. The Morgan fingerprint density at radius 3 is 1.88 bits per heavy atom. The molecule has 1 aliphatic carbocycles. The molecule has 6 nitrogen and oxygen atoms in total. The van der Waals surface area contributed by atoms with Crippen molar-refractivity contribution in [2.24, 2.45) is 5.41 Å². The number of hydrogen-bond acceptors (Lipinski definition) is 4. The summed E-state index contributed by atoms with van der Waals surface area (Å²) in [7, 11) is -0.923. The van der Waals surface area contributed by atoms with E-state index >= 15 is 0 Å². The van der Waals surface area contributed by atoms with Crippen LogP contribution in [-0.4, -0.2) is 30.1 Å². The number of nitrogens with one attached hydrogen (secondary N) is 2. The van der Waals surface area contributed by atoms with Gasteiger partial charge in [-0.25, -0.2) is 8.78 Å². The summed E-state index contributed by atoms with van der Waals surface area (Å²) in [5.41, 5.74) is -1.59. The van der Waals surface area contributed by atoms with E-state index in [0.717, 1.165) is 0 Å². The van der Waals surface area contributed by atoms with Crippen molar-refractivity contribution in [2.45, 2.75) is 51.7 Å². The lowest BCUT2D eigenvalue weighted by Gasteiger charge is -2.32. The van der Waals surface area contributed by atoms with Crippen molar-refractivity contribution in [1.82, 2.24) is 0 Å². The van der Waals surface area contributed by atoms with Crippen LogP contribution < -0.4 is 16.1 Å². The fourth-order valence-corrected chi connectivity index (χ4v) is 3.49. The van der Waals surface area contributed by atoms with E-state index in [2.05, 4.69) is 10.6 Å². The predicted molar refractivity (Wildman–Crippen MR) is 117 cm³/mol. The van der Waals surface area contributed by atoms with E-state index in [1.165, 1.54) is 42.5 Å². The molecule has 2 aromatic carbocycles. The van der Waals surface area contributed by atoms with Crippen LogP contribution in [0.25, 0.3) is 0 Å². The van der Waals surface area contributed by atoms with E-state index in [9.17, 15) is 18.4 Å². The maximum atomic E-state index is 14.5. The summed E-state index contributed by atoms with van der Waals surface area (Å²) < 4.78 is 39.5. The molecule has 1 heterocycles. The van der Waals surface area contributed by atoms with Gasteiger partial charge in [-0.15, -0.1) is 0 Å². The minimum atomic E-state index is -1.22. The summed E-state index contributed by atoms with van der Waals surface area (Å²) in [4.78, 5) is 25.6. The highest BCUT2D eigenvalue weighted by Gasteiger charge is 2.57. The van der Waals surface area contributed by atoms with E-state index in [1.54, 1.807) is 0 Å². The average Bonchev–Trinajstić information content (AvgIpc) is 3.48. The summed E-state index contributed by atoms with van der Waals surface area (Å²) in [6.07, 6.45) is 0.772. The molecule has 2 aromatic rings. The van der Waals surface area contributed by atoms with Gasteiger partial charge in [0.05, 0.1) is 11.2 Å². The van der Waals surface area contributed by atoms with Crippen molar-refractivity contribution in [3.63, 3.8) is 0 Å². The number of benzene rings is 2. The van der Waals surface area contributed by atoms with Gasteiger partial charge in [-0.05, 0) is 83.0 Å². The summed E-state index contributed by atoms with van der Waals surface area (Å²) in [6.45, 7) is 7.47. The highest BCUT2D eigenvalue weighted by molar-refractivity contribution is 6.62. The molecule has 4 rings (SSSR count). The normalized spacial score (nSPS) is 20.0. The lowest BCUT2D eigenvalue weighted by atomic mass is 9.78. The third-order valence-electron chi connectivity index (χ3n) is 6.48. The van der Waals surface area contributed by atoms with Gasteiger partial charge in [-0.3, -0.25) is 9.59 Å². The van der Waals surface area contributed by atoms with Gasteiger partial charge in [0.2, 0.25) is 11.8 Å². The Balaban J connectivity index is 1.48. The van der Waals surface area contributed by atoms with Gasteiger partial charge in [-0.2, -0.15) is 0 Å². The molecule has 2 aliphatic rings. The highest BCUT2D eigenvalue weighted by atomic mass is 19.1. The second kappa shape index (κ2) is 7.67. The van der Waals surface area contributed by atoms with Gasteiger partial charge in [0.1, 0.15) is 17.0 Å². The monoisotopic (exact) mass is 442 g/mol. The Kier molecular flexibility index (Phi) is 5.37. The van der Waals surface area contributed by atoms with Crippen LogP contribution in [0, 0.1) is 17.0 Å². The lowest BCUT2D eigenvalue weighted by Crippen LogP contribution is -2.41. The molecule has 168 valence electrons. The molecule has 0 bridgehead atoms. The third-order valence-corrected chi connectivity index (χ3v) is 6.48.